The fraction of sp³-hybridized carbons (Fsp3) is 0.211. The molecule has 0 saturated carbocycles. The van der Waals surface area contributed by atoms with E-state index in [1.807, 2.05) is 0 Å². The van der Waals surface area contributed by atoms with E-state index in [4.69, 9.17) is 4.74 Å². The third-order valence-corrected chi connectivity index (χ3v) is 3.99. The smallest absolute Gasteiger partial charge is 0.338 e. The average Bonchev–Trinajstić information content (AvgIpc) is 2.87. The molecule has 1 heterocycles. The number of ether oxygens (including phenoxy) is 1. The van der Waals surface area contributed by atoms with Crippen molar-refractivity contribution in [1.29, 1.82) is 0 Å². The van der Waals surface area contributed by atoms with Crippen molar-refractivity contribution in [3.05, 3.63) is 65.2 Å². The average molecular weight is 339 g/mol. The van der Waals surface area contributed by atoms with Gasteiger partial charge in [-0.05, 0) is 49.2 Å². The van der Waals surface area contributed by atoms with Crippen LogP contribution in [-0.2, 0) is 4.74 Å². The van der Waals surface area contributed by atoms with Crippen LogP contribution in [0, 0.1) is 0 Å². The van der Waals surface area contributed by atoms with Gasteiger partial charge in [0.05, 0.1) is 23.3 Å². The molecule has 1 aliphatic rings. The molecule has 0 aliphatic carbocycles. The maximum atomic E-state index is 12.2. The number of benzene rings is 2. The molecule has 2 aromatic rings. The minimum atomic E-state index is -0.472. The van der Waals surface area contributed by atoms with E-state index < -0.39 is 5.97 Å². The summed E-state index contributed by atoms with van der Waals surface area (Å²) in [4.78, 5) is 37.4. The summed E-state index contributed by atoms with van der Waals surface area (Å²) in [6, 6.07) is 12.6. The van der Waals surface area contributed by atoms with Gasteiger partial charge in [-0.25, -0.2) is 4.79 Å². The molecule has 0 spiro atoms. The number of nitrogens with zero attached hydrogens (tertiary/aromatic N) is 1. The predicted octanol–water partition coefficient (Wildman–Crippen LogP) is 2.63. The number of rotatable bonds is 6. The lowest BCUT2D eigenvalue weighted by Crippen LogP contribution is -2.30. The van der Waals surface area contributed by atoms with Crippen molar-refractivity contribution in [1.82, 2.24) is 4.90 Å². The molecule has 0 fully saturated rings. The molecule has 2 amide bonds. The molecule has 2 aromatic carbocycles. The molecule has 0 radical (unpaired) electrons. The summed E-state index contributed by atoms with van der Waals surface area (Å²) < 4.78 is 5.14. The number of hydrogen-bond donors (Lipinski definition) is 1. The Hall–Kier alpha value is -3.15. The SMILES string of the molecule is O=C(OCCCCN1C(=O)c2ccccc2C1=O)c1ccc(O)cc1. The molecular formula is C19H17NO5. The van der Waals surface area contributed by atoms with Crippen LogP contribution in [0.15, 0.2) is 48.5 Å². The maximum Gasteiger partial charge on any atom is 0.338 e. The van der Waals surface area contributed by atoms with Gasteiger partial charge in [0.25, 0.3) is 11.8 Å². The number of carbonyl (C=O) groups is 3. The van der Waals surface area contributed by atoms with E-state index in [1.165, 1.54) is 29.2 Å². The Morgan fingerprint density at radius 3 is 2.12 bits per heavy atom. The predicted molar refractivity (Wildman–Crippen MR) is 89.4 cm³/mol. The highest BCUT2D eigenvalue weighted by atomic mass is 16.5. The number of unbranched alkanes of at least 4 members (excludes halogenated alkanes) is 1. The molecule has 0 saturated heterocycles. The van der Waals surface area contributed by atoms with Gasteiger partial charge in [-0.2, -0.15) is 0 Å². The summed E-state index contributed by atoms with van der Waals surface area (Å²) in [5.74, 6) is -0.943. The first-order chi connectivity index (χ1) is 12.1. The molecule has 6 nitrogen and oxygen atoms in total. The van der Waals surface area contributed by atoms with Crippen molar-refractivity contribution in [3.63, 3.8) is 0 Å². The lowest BCUT2D eigenvalue weighted by Gasteiger charge is -2.13. The summed E-state index contributed by atoms with van der Waals surface area (Å²) in [7, 11) is 0. The van der Waals surface area contributed by atoms with Crippen molar-refractivity contribution >= 4 is 17.8 Å². The Morgan fingerprint density at radius 1 is 0.920 bits per heavy atom. The van der Waals surface area contributed by atoms with Crippen LogP contribution in [0.5, 0.6) is 5.75 Å². The summed E-state index contributed by atoms with van der Waals surface area (Å²) in [6.45, 7) is 0.492. The van der Waals surface area contributed by atoms with Crippen LogP contribution in [0.1, 0.15) is 43.9 Å². The zero-order valence-electron chi connectivity index (χ0n) is 13.5. The van der Waals surface area contributed by atoms with E-state index in [9.17, 15) is 19.5 Å². The first-order valence-corrected chi connectivity index (χ1v) is 7.99. The monoisotopic (exact) mass is 339 g/mol. The van der Waals surface area contributed by atoms with Gasteiger partial charge in [0.15, 0.2) is 0 Å². The lowest BCUT2D eigenvalue weighted by atomic mass is 10.1. The minimum absolute atomic E-state index is 0.0810. The van der Waals surface area contributed by atoms with E-state index >= 15 is 0 Å². The van der Waals surface area contributed by atoms with E-state index in [0.717, 1.165) is 0 Å². The third-order valence-electron chi connectivity index (χ3n) is 3.99. The number of amides is 2. The highest BCUT2D eigenvalue weighted by Gasteiger charge is 2.34. The second-order valence-electron chi connectivity index (χ2n) is 5.70. The zero-order valence-corrected chi connectivity index (χ0v) is 13.5. The number of phenols is 1. The molecule has 128 valence electrons. The summed E-state index contributed by atoms with van der Waals surface area (Å²) >= 11 is 0. The van der Waals surface area contributed by atoms with Gasteiger partial charge in [0.2, 0.25) is 0 Å². The number of hydrogen-bond acceptors (Lipinski definition) is 5. The Morgan fingerprint density at radius 2 is 1.52 bits per heavy atom. The number of aromatic hydroxyl groups is 1. The molecule has 1 aliphatic heterocycles. The van der Waals surface area contributed by atoms with Gasteiger partial charge >= 0.3 is 5.97 Å². The molecule has 3 rings (SSSR count). The Balaban J connectivity index is 1.44. The minimum Gasteiger partial charge on any atom is -0.508 e. The van der Waals surface area contributed by atoms with E-state index in [-0.39, 0.29) is 24.2 Å². The number of imide groups is 1. The van der Waals surface area contributed by atoms with Crippen molar-refractivity contribution in [2.45, 2.75) is 12.8 Å². The number of fused-ring (bicyclic) bond motifs is 1. The van der Waals surface area contributed by atoms with Crippen LogP contribution in [-0.4, -0.2) is 40.9 Å². The van der Waals surface area contributed by atoms with Crippen LogP contribution in [0.4, 0.5) is 0 Å². The largest absolute Gasteiger partial charge is 0.508 e. The quantitative estimate of drug-likeness (QED) is 0.497. The normalized spacial score (nSPS) is 13.0. The van der Waals surface area contributed by atoms with Crippen molar-refractivity contribution in [3.8, 4) is 5.75 Å². The van der Waals surface area contributed by atoms with E-state index in [2.05, 4.69) is 0 Å². The van der Waals surface area contributed by atoms with Crippen LogP contribution in [0.2, 0.25) is 0 Å². The first-order valence-electron chi connectivity index (χ1n) is 7.99. The van der Waals surface area contributed by atoms with Crippen molar-refractivity contribution in [2.24, 2.45) is 0 Å². The van der Waals surface area contributed by atoms with Crippen molar-refractivity contribution in [2.75, 3.05) is 13.2 Å². The molecule has 0 aromatic heterocycles. The van der Waals surface area contributed by atoms with Crippen molar-refractivity contribution < 1.29 is 24.2 Å². The van der Waals surface area contributed by atoms with Gasteiger partial charge in [-0.15, -0.1) is 0 Å². The fourth-order valence-corrected chi connectivity index (χ4v) is 2.66. The van der Waals surface area contributed by atoms with E-state index in [1.54, 1.807) is 24.3 Å². The van der Waals surface area contributed by atoms with Gasteiger partial charge in [0.1, 0.15) is 5.75 Å². The zero-order chi connectivity index (χ0) is 17.8. The van der Waals surface area contributed by atoms with Crippen LogP contribution < -0.4 is 0 Å². The van der Waals surface area contributed by atoms with Crippen LogP contribution >= 0.6 is 0 Å². The number of phenolic OH excluding ortho intramolecular Hbond substituents is 1. The Kier molecular flexibility index (Phi) is 4.79. The summed E-state index contributed by atoms with van der Waals surface area (Å²) in [6.07, 6.45) is 1.09. The van der Waals surface area contributed by atoms with Crippen LogP contribution in [0.25, 0.3) is 0 Å². The summed E-state index contributed by atoms with van der Waals surface area (Å²) in [5, 5.41) is 9.18. The molecule has 0 atom stereocenters. The summed E-state index contributed by atoms with van der Waals surface area (Å²) in [5.41, 5.74) is 1.23. The fourth-order valence-electron chi connectivity index (χ4n) is 2.66. The topological polar surface area (TPSA) is 83.9 Å². The second-order valence-corrected chi connectivity index (χ2v) is 5.70. The molecule has 6 heteroatoms. The molecule has 0 unspecified atom stereocenters. The lowest BCUT2D eigenvalue weighted by molar-refractivity contribution is 0.0485. The second kappa shape index (κ2) is 7.17. The molecular weight excluding hydrogens is 322 g/mol. The highest BCUT2D eigenvalue weighted by molar-refractivity contribution is 6.21. The highest BCUT2D eigenvalue weighted by Crippen LogP contribution is 2.22. The van der Waals surface area contributed by atoms with E-state index in [0.29, 0.717) is 36.1 Å². The maximum absolute atomic E-state index is 12.2. The Bertz CT molecular complexity index is 778. The number of esters is 1. The first kappa shape index (κ1) is 16.7. The van der Waals surface area contributed by atoms with Gasteiger partial charge in [0, 0.05) is 6.54 Å². The molecule has 1 N–H and O–H groups in total. The Labute approximate surface area is 144 Å². The molecule has 0 bridgehead atoms. The third kappa shape index (κ3) is 3.52. The van der Waals surface area contributed by atoms with Crippen LogP contribution in [0.3, 0.4) is 0 Å². The molecule has 25 heavy (non-hydrogen) atoms. The van der Waals surface area contributed by atoms with Gasteiger partial charge in [-0.1, -0.05) is 12.1 Å². The number of carbonyl (C=O) groups excluding carboxylic acids is 3. The van der Waals surface area contributed by atoms with Gasteiger partial charge < -0.3 is 9.84 Å². The van der Waals surface area contributed by atoms with Gasteiger partial charge in [-0.3, -0.25) is 14.5 Å². The standard InChI is InChI=1S/C19H17NO5/c21-14-9-7-13(8-10-14)19(24)25-12-4-3-11-20-17(22)15-5-1-2-6-16(15)18(20)23/h1-2,5-10,21H,3-4,11-12H2.